The van der Waals surface area contributed by atoms with Gasteiger partial charge in [-0.3, -0.25) is 4.57 Å². The predicted molar refractivity (Wildman–Crippen MR) is 61.7 cm³/mol. The van der Waals surface area contributed by atoms with Crippen LogP contribution in [0, 0.1) is 5.92 Å². The zero-order chi connectivity index (χ0) is 10.7. The minimum absolute atomic E-state index is 0.489. The molecule has 6 heteroatoms. The molecule has 1 aromatic heterocycles. The third kappa shape index (κ3) is 2.63. The summed E-state index contributed by atoms with van der Waals surface area (Å²) in [6.45, 7) is 2.29. The van der Waals surface area contributed by atoms with Crippen molar-refractivity contribution in [1.29, 1.82) is 0 Å². The van der Waals surface area contributed by atoms with E-state index in [4.69, 9.17) is 5.73 Å². The Labute approximate surface area is 93.8 Å². The van der Waals surface area contributed by atoms with Crippen LogP contribution in [-0.2, 0) is 7.05 Å². The van der Waals surface area contributed by atoms with E-state index < -0.39 is 0 Å². The smallest absolute Gasteiger partial charge is 0.222 e. The maximum absolute atomic E-state index is 5.62. The molecule has 1 saturated heterocycles. The van der Waals surface area contributed by atoms with E-state index in [-0.39, 0.29) is 0 Å². The second kappa shape index (κ2) is 4.85. The molecule has 0 spiro atoms. The van der Waals surface area contributed by atoms with Crippen molar-refractivity contribution in [2.75, 3.05) is 24.6 Å². The summed E-state index contributed by atoms with van der Waals surface area (Å²) in [4.78, 5) is 0. The van der Waals surface area contributed by atoms with Crippen LogP contribution >= 0.6 is 11.8 Å². The van der Waals surface area contributed by atoms with Gasteiger partial charge < -0.3 is 11.1 Å². The van der Waals surface area contributed by atoms with Gasteiger partial charge in [-0.05, 0) is 31.8 Å². The molecule has 0 amide bonds. The third-order valence-electron chi connectivity index (χ3n) is 2.78. The number of anilines is 1. The Bertz CT molecular complexity index is 318. The van der Waals surface area contributed by atoms with Crippen molar-refractivity contribution in [1.82, 2.24) is 20.1 Å². The molecule has 2 heterocycles. The summed E-state index contributed by atoms with van der Waals surface area (Å²) < 4.78 is 1.84. The van der Waals surface area contributed by atoms with Crippen LogP contribution < -0.4 is 11.1 Å². The maximum Gasteiger partial charge on any atom is 0.222 e. The van der Waals surface area contributed by atoms with Gasteiger partial charge in [0, 0.05) is 12.8 Å². The molecule has 0 bridgehead atoms. The summed E-state index contributed by atoms with van der Waals surface area (Å²) in [6, 6.07) is 0. The van der Waals surface area contributed by atoms with Gasteiger partial charge in [-0.1, -0.05) is 11.8 Å². The number of nitrogens with two attached hydrogens (primary N) is 1. The van der Waals surface area contributed by atoms with Crippen LogP contribution in [0.15, 0.2) is 5.16 Å². The first-order chi connectivity index (χ1) is 7.27. The van der Waals surface area contributed by atoms with Crippen molar-refractivity contribution >= 4 is 17.7 Å². The highest BCUT2D eigenvalue weighted by molar-refractivity contribution is 7.99. The number of thioether (sulfide) groups is 1. The van der Waals surface area contributed by atoms with Crippen LogP contribution in [0.1, 0.15) is 12.8 Å². The number of nitrogens with one attached hydrogen (secondary N) is 1. The monoisotopic (exact) mass is 227 g/mol. The van der Waals surface area contributed by atoms with E-state index in [0.717, 1.165) is 29.9 Å². The van der Waals surface area contributed by atoms with Crippen LogP contribution in [0.25, 0.3) is 0 Å². The van der Waals surface area contributed by atoms with Crippen LogP contribution in [0.2, 0.25) is 0 Å². The fraction of sp³-hybridized carbons (Fsp3) is 0.778. The van der Waals surface area contributed by atoms with Gasteiger partial charge >= 0.3 is 0 Å². The van der Waals surface area contributed by atoms with E-state index >= 15 is 0 Å². The average molecular weight is 227 g/mol. The number of piperidine rings is 1. The van der Waals surface area contributed by atoms with Gasteiger partial charge in [0.05, 0.1) is 0 Å². The molecule has 5 nitrogen and oxygen atoms in total. The fourth-order valence-electron chi connectivity index (χ4n) is 1.69. The highest BCUT2D eigenvalue weighted by Gasteiger charge is 2.15. The lowest BCUT2D eigenvalue weighted by atomic mass is 10.0. The van der Waals surface area contributed by atoms with Crippen molar-refractivity contribution < 1.29 is 0 Å². The Morgan fingerprint density at radius 1 is 1.47 bits per heavy atom. The minimum atomic E-state index is 0.489. The molecule has 1 aliphatic heterocycles. The van der Waals surface area contributed by atoms with Gasteiger partial charge in [-0.2, -0.15) is 0 Å². The number of hydrogen-bond donors (Lipinski definition) is 2. The van der Waals surface area contributed by atoms with Gasteiger partial charge in [0.1, 0.15) is 0 Å². The number of rotatable bonds is 3. The molecular weight excluding hydrogens is 210 g/mol. The standard InChI is InChI=1S/C9H17N5S/c1-14-8(10)12-13-9(14)15-6-7-2-4-11-5-3-7/h7,11H,2-6H2,1H3,(H2,10,12). The third-order valence-corrected chi connectivity index (χ3v) is 4.03. The van der Waals surface area contributed by atoms with Crippen molar-refractivity contribution in [2.24, 2.45) is 13.0 Å². The molecule has 3 N–H and O–H groups in total. The van der Waals surface area contributed by atoms with E-state index in [1.165, 1.54) is 12.8 Å². The SMILES string of the molecule is Cn1c(N)nnc1SCC1CCNCC1. The quantitative estimate of drug-likeness (QED) is 0.736. The van der Waals surface area contributed by atoms with Crippen molar-refractivity contribution in [2.45, 2.75) is 18.0 Å². The summed E-state index contributed by atoms with van der Waals surface area (Å²) in [5.74, 6) is 2.41. The molecule has 2 rings (SSSR count). The molecule has 0 aliphatic carbocycles. The average Bonchev–Trinajstić information content (AvgIpc) is 2.59. The molecule has 0 unspecified atom stereocenters. The molecule has 15 heavy (non-hydrogen) atoms. The summed E-state index contributed by atoms with van der Waals surface area (Å²) in [6.07, 6.45) is 2.53. The second-order valence-corrected chi connectivity index (χ2v) is 4.89. The summed E-state index contributed by atoms with van der Waals surface area (Å²) in [7, 11) is 1.90. The molecule has 1 aromatic rings. The van der Waals surface area contributed by atoms with Crippen LogP contribution in [0.4, 0.5) is 5.95 Å². The molecule has 0 radical (unpaired) electrons. The number of hydrogen-bond acceptors (Lipinski definition) is 5. The van der Waals surface area contributed by atoms with Gasteiger partial charge in [0.25, 0.3) is 0 Å². The first kappa shape index (κ1) is 10.8. The minimum Gasteiger partial charge on any atom is -0.368 e. The Balaban J connectivity index is 1.84. The topological polar surface area (TPSA) is 68.8 Å². The van der Waals surface area contributed by atoms with Crippen LogP contribution in [0.3, 0.4) is 0 Å². The van der Waals surface area contributed by atoms with E-state index in [0.29, 0.717) is 5.95 Å². The second-order valence-electron chi connectivity index (χ2n) is 3.90. The van der Waals surface area contributed by atoms with Gasteiger partial charge in [0.15, 0.2) is 5.16 Å². The van der Waals surface area contributed by atoms with Crippen LogP contribution in [-0.4, -0.2) is 33.6 Å². The van der Waals surface area contributed by atoms with E-state index in [2.05, 4.69) is 15.5 Å². The largest absolute Gasteiger partial charge is 0.368 e. The first-order valence-electron chi connectivity index (χ1n) is 5.25. The summed E-state index contributed by atoms with van der Waals surface area (Å²) in [5, 5.41) is 12.2. The zero-order valence-electron chi connectivity index (χ0n) is 8.94. The highest BCUT2D eigenvalue weighted by Crippen LogP contribution is 2.23. The van der Waals surface area contributed by atoms with E-state index in [1.54, 1.807) is 11.8 Å². The van der Waals surface area contributed by atoms with Crippen LogP contribution in [0.5, 0.6) is 0 Å². The molecule has 0 saturated carbocycles. The maximum atomic E-state index is 5.62. The number of aromatic nitrogens is 3. The van der Waals surface area contributed by atoms with Gasteiger partial charge in [0.2, 0.25) is 5.95 Å². The number of nitrogens with zero attached hydrogens (tertiary/aromatic N) is 3. The Morgan fingerprint density at radius 2 is 2.20 bits per heavy atom. The van der Waals surface area contributed by atoms with E-state index in [9.17, 15) is 0 Å². The highest BCUT2D eigenvalue weighted by atomic mass is 32.2. The van der Waals surface area contributed by atoms with Crippen molar-refractivity contribution in [3.05, 3.63) is 0 Å². The molecule has 0 atom stereocenters. The normalized spacial score (nSPS) is 18.2. The lowest BCUT2D eigenvalue weighted by Gasteiger charge is -2.21. The zero-order valence-corrected chi connectivity index (χ0v) is 9.76. The summed E-state index contributed by atoms with van der Waals surface area (Å²) >= 11 is 1.76. The molecule has 84 valence electrons. The van der Waals surface area contributed by atoms with Gasteiger partial charge in [-0.25, -0.2) is 0 Å². The predicted octanol–water partition coefficient (Wildman–Crippen LogP) is 0.489. The van der Waals surface area contributed by atoms with Gasteiger partial charge in [-0.15, -0.1) is 10.2 Å². The first-order valence-corrected chi connectivity index (χ1v) is 6.24. The van der Waals surface area contributed by atoms with Crippen molar-refractivity contribution in [3.8, 4) is 0 Å². The van der Waals surface area contributed by atoms with E-state index in [1.807, 2.05) is 11.6 Å². The Kier molecular flexibility index (Phi) is 3.48. The van der Waals surface area contributed by atoms with Crippen molar-refractivity contribution in [3.63, 3.8) is 0 Å². The Hall–Kier alpha value is -0.750. The molecular formula is C9H17N5S. The molecule has 1 aliphatic rings. The molecule has 1 fully saturated rings. The lowest BCUT2D eigenvalue weighted by Crippen LogP contribution is -2.28. The summed E-state index contributed by atoms with van der Waals surface area (Å²) in [5.41, 5.74) is 5.62. The molecule has 0 aromatic carbocycles. The number of nitrogen functional groups attached to an aromatic ring is 1. The Morgan fingerprint density at radius 3 is 2.80 bits per heavy atom. The fourth-order valence-corrected chi connectivity index (χ4v) is 2.80. The lowest BCUT2D eigenvalue weighted by molar-refractivity contribution is 0.407.